The maximum absolute atomic E-state index is 12.0. The lowest BCUT2D eigenvalue weighted by atomic mass is 10.1. The van der Waals surface area contributed by atoms with Crippen LogP contribution >= 0.6 is 0 Å². The van der Waals surface area contributed by atoms with Gasteiger partial charge < -0.3 is 10.6 Å². The Hall–Kier alpha value is -2.63. The average Bonchev–Trinajstić information content (AvgIpc) is 3.38. The number of aromatic nitrogens is 2. The molecule has 1 aliphatic rings. The summed E-state index contributed by atoms with van der Waals surface area (Å²) in [7, 11) is 0. The monoisotopic (exact) mass is 326 g/mol. The van der Waals surface area contributed by atoms with Crippen LogP contribution in [-0.2, 0) is 6.54 Å². The Balaban J connectivity index is 1.51. The van der Waals surface area contributed by atoms with Gasteiger partial charge in [-0.1, -0.05) is 12.1 Å². The van der Waals surface area contributed by atoms with Gasteiger partial charge in [-0.3, -0.25) is 9.36 Å². The zero-order chi connectivity index (χ0) is 17.1. The number of hydrogen-bond acceptors (Lipinski definition) is 3. The number of carbonyl (C=O) groups excluding carboxylic acids is 1. The molecule has 1 saturated carbocycles. The van der Waals surface area contributed by atoms with Crippen molar-refractivity contribution in [2.75, 3.05) is 11.9 Å². The predicted octanol–water partition coefficient (Wildman–Crippen LogP) is 2.56. The van der Waals surface area contributed by atoms with Crippen LogP contribution in [0.4, 0.5) is 10.5 Å². The Kier molecular flexibility index (Phi) is 4.64. The van der Waals surface area contributed by atoms with E-state index in [1.54, 1.807) is 12.4 Å². The molecule has 0 radical (unpaired) electrons. The number of nitrogens with one attached hydrogen (secondary N) is 2. The quantitative estimate of drug-likeness (QED) is 0.886. The van der Waals surface area contributed by atoms with Crippen molar-refractivity contribution >= 4 is 11.7 Å². The molecule has 2 amide bonds. The van der Waals surface area contributed by atoms with Gasteiger partial charge in [0.05, 0.1) is 12.0 Å². The van der Waals surface area contributed by atoms with E-state index in [9.17, 15) is 9.59 Å². The van der Waals surface area contributed by atoms with Crippen LogP contribution in [0, 0.1) is 13.8 Å². The molecule has 1 aromatic heterocycles. The molecule has 0 bridgehead atoms. The van der Waals surface area contributed by atoms with Crippen molar-refractivity contribution in [1.82, 2.24) is 14.9 Å². The molecule has 1 fully saturated rings. The van der Waals surface area contributed by atoms with Gasteiger partial charge in [-0.2, -0.15) is 0 Å². The van der Waals surface area contributed by atoms with E-state index in [2.05, 4.69) is 15.6 Å². The van der Waals surface area contributed by atoms with E-state index >= 15 is 0 Å². The first kappa shape index (κ1) is 16.2. The van der Waals surface area contributed by atoms with Crippen LogP contribution in [0.5, 0.6) is 0 Å². The van der Waals surface area contributed by atoms with Crippen LogP contribution in [0.15, 0.2) is 35.4 Å². The molecule has 0 spiro atoms. The normalized spacial score (nSPS) is 13.6. The topological polar surface area (TPSA) is 76.0 Å². The zero-order valence-corrected chi connectivity index (χ0v) is 14.0. The second-order valence-corrected chi connectivity index (χ2v) is 6.25. The molecule has 0 saturated heterocycles. The molecule has 1 aliphatic carbocycles. The Morgan fingerprint density at radius 2 is 2.12 bits per heavy atom. The third-order valence-electron chi connectivity index (χ3n) is 4.39. The summed E-state index contributed by atoms with van der Waals surface area (Å²) in [6.07, 6.45) is 3.81. The van der Waals surface area contributed by atoms with Crippen molar-refractivity contribution < 1.29 is 4.79 Å². The van der Waals surface area contributed by atoms with Gasteiger partial charge in [-0.25, -0.2) is 9.78 Å². The van der Waals surface area contributed by atoms with Gasteiger partial charge >= 0.3 is 6.03 Å². The molecule has 1 heterocycles. The standard InChI is InChI=1S/C18H22N4O2/c1-12-4-3-5-15(13(12)2)21-18(24)19-8-9-22-11-20-16(10-17(22)23)14-6-7-14/h3-5,10-11,14H,6-9H2,1-2H3,(H2,19,21,24). The van der Waals surface area contributed by atoms with Crippen LogP contribution in [-0.4, -0.2) is 22.1 Å². The summed E-state index contributed by atoms with van der Waals surface area (Å²) in [4.78, 5) is 28.3. The Morgan fingerprint density at radius 3 is 2.83 bits per heavy atom. The number of hydrogen-bond donors (Lipinski definition) is 2. The van der Waals surface area contributed by atoms with Crippen LogP contribution < -0.4 is 16.2 Å². The highest BCUT2D eigenvalue weighted by Crippen LogP contribution is 2.38. The molecule has 6 heteroatoms. The highest BCUT2D eigenvalue weighted by Gasteiger charge is 2.25. The highest BCUT2D eigenvalue weighted by molar-refractivity contribution is 5.90. The molecule has 3 rings (SSSR count). The second-order valence-electron chi connectivity index (χ2n) is 6.25. The van der Waals surface area contributed by atoms with Gasteiger partial charge in [-0.15, -0.1) is 0 Å². The van der Waals surface area contributed by atoms with Crippen molar-refractivity contribution in [2.24, 2.45) is 0 Å². The van der Waals surface area contributed by atoms with Gasteiger partial charge in [0.25, 0.3) is 5.56 Å². The Labute approximate surface area is 140 Å². The van der Waals surface area contributed by atoms with E-state index in [-0.39, 0.29) is 11.6 Å². The molecule has 126 valence electrons. The lowest BCUT2D eigenvalue weighted by molar-refractivity contribution is 0.251. The van der Waals surface area contributed by atoms with Crippen LogP contribution in [0.25, 0.3) is 0 Å². The van der Waals surface area contributed by atoms with Crippen LogP contribution in [0.3, 0.4) is 0 Å². The maximum Gasteiger partial charge on any atom is 0.319 e. The van der Waals surface area contributed by atoms with Gasteiger partial charge in [-0.05, 0) is 43.9 Å². The first-order valence-electron chi connectivity index (χ1n) is 8.22. The smallest absolute Gasteiger partial charge is 0.319 e. The third kappa shape index (κ3) is 3.82. The van der Waals surface area contributed by atoms with Crippen molar-refractivity contribution in [3.8, 4) is 0 Å². The maximum atomic E-state index is 12.0. The van der Waals surface area contributed by atoms with Crippen molar-refractivity contribution in [3.05, 3.63) is 57.8 Å². The molecule has 2 N–H and O–H groups in total. The molecular weight excluding hydrogens is 304 g/mol. The van der Waals surface area contributed by atoms with Crippen molar-refractivity contribution in [3.63, 3.8) is 0 Å². The minimum atomic E-state index is -0.278. The molecule has 0 unspecified atom stereocenters. The minimum Gasteiger partial charge on any atom is -0.336 e. The predicted molar refractivity (Wildman–Crippen MR) is 93.4 cm³/mol. The number of nitrogens with zero attached hydrogens (tertiary/aromatic N) is 2. The largest absolute Gasteiger partial charge is 0.336 e. The lowest BCUT2D eigenvalue weighted by Crippen LogP contribution is -2.34. The SMILES string of the molecule is Cc1cccc(NC(=O)NCCn2cnc(C3CC3)cc2=O)c1C. The van der Waals surface area contributed by atoms with E-state index in [1.165, 1.54) is 4.57 Å². The number of carbonyl (C=O) groups is 1. The third-order valence-corrected chi connectivity index (χ3v) is 4.39. The number of amides is 2. The number of urea groups is 1. The number of benzene rings is 1. The molecule has 0 atom stereocenters. The number of aryl methyl sites for hydroxylation is 1. The van der Waals surface area contributed by atoms with Crippen LogP contribution in [0.2, 0.25) is 0 Å². The fourth-order valence-electron chi connectivity index (χ4n) is 2.55. The molecular formula is C18H22N4O2. The summed E-state index contributed by atoms with van der Waals surface area (Å²) in [5.74, 6) is 0.467. The van der Waals surface area contributed by atoms with Crippen LogP contribution in [0.1, 0.15) is 35.6 Å². The molecule has 1 aromatic carbocycles. The molecule has 24 heavy (non-hydrogen) atoms. The highest BCUT2D eigenvalue weighted by atomic mass is 16.2. The molecule has 0 aliphatic heterocycles. The van der Waals surface area contributed by atoms with E-state index in [4.69, 9.17) is 0 Å². The minimum absolute atomic E-state index is 0.0661. The van der Waals surface area contributed by atoms with Crippen molar-refractivity contribution in [1.29, 1.82) is 0 Å². The second kappa shape index (κ2) is 6.86. The van der Waals surface area contributed by atoms with Gasteiger partial charge in [0, 0.05) is 30.8 Å². The van der Waals surface area contributed by atoms with E-state index in [0.29, 0.717) is 19.0 Å². The van der Waals surface area contributed by atoms with E-state index < -0.39 is 0 Å². The average molecular weight is 326 g/mol. The van der Waals surface area contributed by atoms with Gasteiger partial charge in [0.1, 0.15) is 0 Å². The van der Waals surface area contributed by atoms with Gasteiger partial charge in [0.15, 0.2) is 0 Å². The first-order valence-corrected chi connectivity index (χ1v) is 8.22. The fraction of sp³-hybridized carbons (Fsp3) is 0.389. The zero-order valence-electron chi connectivity index (χ0n) is 14.0. The number of anilines is 1. The van der Waals surface area contributed by atoms with Gasteiger partial charge in [0.2, 0.25) is 0 Å². The van der Waals surface area contributed by atoms with E-state index in [1.807, 2.05) is 32.0 Å². The van der Waals surface area contributed by atoms with Crippen molar-refractivity contribution in [2.45, 2.75) is 39.2 Å². The summed E-state index contributed by atoms with van der Waals surface area (Å²) in [5.41, 5.74) is 3.78. The summed E-state index contributed by atoms with van der Waals surface area (Å²) in [5, 5.41) is 5.60. The first-order chi connectivity index (χ1) is 11.5. The Morgan fingerprint density at radius 1 is 1.33 bits per heavy atom. The summed E-state index contributed by atoms with van der Waals surface area (Å²) < 4.78 is 1.52. The number of rotatable bonds is 5. The summed E-state index contributed by atoms with van der Waals surface area (Å²) >= 11 is 0. The van der Waals surface area contributed by atoms with E-state index in [0.717, 1.165) is 35.3 Å². The Bertz CT molecular complexity index is 809. The fourth-order valence-corrected chi connectivity index (χ4v) is 2.55. The molecule has 2 aromatic rings. The summed E-state index contributed by atoms with van der Waals surface area (Å²) in [6, 6.07) is 7.11. The summed E-state index contributed by atoms with van der Waals surface area (Å²) in [6.45, 7) is 4.73. The lowest BCUT2D eigenvalue weighted by Gasteiger charge is -2.12. The molecule has 6 nitrogen and oxygen atoms in total.